The fraction of sp³-hybridized carbons (Fsp3) is 0.982. The molecule has 2 saturated carbocycles. The smallest absolute Gasteiger partial charge is 0.305 e. The molecule has 0 aliphatic heterocycles. The highest BCUT2D eigenvalue weighted by molar-refractivity contribution is 8.53. The van der Waals surface area contributed by atoms with Crippen LogP contribution in [0.25, 0.3) is 0 Å². The molecule has 2 fully saturated rings. The van der Waals surface area contributed by atoms with Crippen LogP contribution in [0.4, 0.5) is 0 Å². The van der Waals surface area contributed by atoms with E-state index in [1.54, 1.807) is 0 Å². The number of ether oxygens (including phenoxy) is 2. The Kier molecular flexibility index (Phi) is 96.0. The molecule has 2 aliphatic carbocycles. The van der Waals surface area contributed by atoms with Gasteiger partial charge in [0.15, 0.2) is 0 Å². The third kappa shape index (κ3) is 84.6. The number of hydrogen-bond acceptors (Lipinski definition) is 10. The molecule has 744 valence electrons. The fourth-order valence-electron chi connectivity index (χ4n) is 19.8. The van der Waals surface area contributed by atoms with Gasteiger partial charge in [0.05, 0.1) is 38.6 Å². The Morgan fingerprint density at radius 3 is 0.592 bits per heavy atom. The zero-order chi connectivity index (χ0) is 89.5. The standard InChI is InChI=1S/C113H222O8P2S2/c1-7-11-15-19-23-27-31-35-45-53-61-69-77-85-101-116-111(114)91-83-75-67-59-51-43-39-41-49-57-65-73-81-89-105-124-122(118-103-87-79-71-63-55-47-37-33-29-25-21-17-13-9-3)120-109-97-93-107(94-98-109)113(5,6)108-95-99-110(100-96-108)121-123(119-104-88-80-72-64-56-48-38-34-30-26-22-18-14-10-4)125-106-90-82-74-66-58-50-42-40-44-52-60-68-76-84-92-112(115)117-102-86-78-70-62-54-46-36-32-28-24-20-16-12-8-2/h107-110H,7-106H2,1-6H3. The Labute approximate surface area is 794 Å². The molecule has 0 heterocycles. The fourth-order valence-corrected chi connectivity index (χ4v) is 26.3. The highest BCUT2D eigenvalue weighted by Gasteiger charge is 2.42. The van der Waals surface area contributed by atoms with Crippen molar-refractivity contribution in [3.63, 3.8) is 0 Å². The molecular weight excluding hydrogens is 1610 g/mol. The lowest BCUT2D eigenvalue weighted by atomic mass is 9.60. The Morgan fingerprint density at radius 1 is 0.224 bits per heavy atom. The molecule has 0 aromatic carbocycles. The normalized spacial score (nSPS) is 16.2. The van der Waals surface area contributed by atoms with Crippen LogP contribution >= 0.6 is 37.9 Å². The summed E-state index contributed by atoms with van der Waals surface area (Å²) in [6.45, 7) is 17.5. The zero-order valence-corrected chi connectivity index (χ0v) is 88.9. The summed E-state index contributed by atoms with van der Waals surface area (Å²) in [6, 6.07) is 0. The predicted molar refractivity (Wildman–Crippen MR) is 560 cm³/mol. The number of esters is 2. The zero-order valence-electron chi connectivity index (χ0n) is 85.5. The summed E-state index contributed by atoms with van der Waals surface area (Å²) in [5, 5.41) is 0. The lowest BCUT2D eigenvalue weighted by Gasteiger charge is -2.46. The molecule has 0 spiro atoms. The van der Waals surface area contributed by atoms with E-state index in [4.69, 9.17) is 27.6 Å². The Hall–Kier alpha value is 0.340. The van der Waals surface area contributed by atoms with Crippen molar-refractivity contribution in [1.29, 1.82) is 0 Å². The third-order valence-electron chi connectivity index (χ3n) is 28.8. The lowest BCUT2D eigenvalue weighted by molar-refractivity contribution is -0.144. The largest absolute Gasteiger partial charge is 0.466 e. The molecule has 2 aliphatic rings. The molecular formula is C113H222O8P2S2. The second kappa shape index (κ2) is 98.8. The molecule has 125 heavy (non-hydrogen) atoms. The average molecular weight is 1840 g/mol. The van der Waals surface area contributed by atoms with Gasteiger partial charge in [0.25, 0.3) is 0 Å². The van der Waals surface area contributed by atoms with E-state index in [1.165, 1.54) is 577 Å². The molecule has 0 bridgehead atoms. The molecule has 0 amide bonds. The van der Waals surface area contributed by atoms with Crippen molar-refractivity contribution in [3.05, 3.63) is 0 Å². The van der Waals surface area contributed by atoms with Crippen molar-refractivity contribution in [2.24, 2.45) is 17.3 Å². The minimum Gasteiger partial charge on any atom is -0.466 e. The second-order valence-electron chi connectivity index (χ2n) is 41.0. The van der Waals surface area contributed by atoms with E-state index >= 15 is 0 Å². The Balaban J connectivity index is 1.69. The van der Waals surface area contributed by atoms with Gasteiger partial charge >= 0.3 is 11.9 Å². The topological polar surface area (TPSA) is 89.5 Å². The first-order valence-electron chi connectivity index (χ1n) is 57.5. The highest BCUT2D eigenvalue weighted by Crippen LogP contribution is 2.58. The number of unbranched alkanes of at least 4 members (excludes halogenated alkanes) is 78. The SMILES string of the molecule is CCCCCCCCCCCCCCCCOC(=O)CCCCCCCCCCCCCCCCSP(OCCCCCCCCCCCCCCCC)OC1CCC(C(C)(C)C2CCC(OP(OCCCCCCCCCCCCCCCC)SCCCCCCCCCCCCCCCCC(=O)OCCCCCCCCCCCCCCCC)CC2)CC1. The molecule has 12 heteroatoms. The molecule has 2 atom stereocenters. The van der Waals surface area contributed by atoms with E-state index in [2.05, 4.69) is 41.5 Å². The molecule has 8 nitrogen and oxygen atoms in total. The summed E-state index contributed by atoms with van der Waals surface area (Å²) in [7, 11) is -1.82. The summed E-state index contributed by atoms with van der Waals surface area (Å²) in [4.78, 5) is 24.6. The van der Waals surface area contributed by atoms with Crippen LogP contribution in [0.2, 0.25) is 0 Å². The first-order valence-corrected chi connectivity index (χ1v) is 63.0. The van der Waals surface area contributed by atoms with Crippen LogP contribution in [0.3, 0.4) is 0 Å². The molecule has 0 saturated heterocycles. The van der Waals surface area contributed by atoms with E-state index in [0.29, 0.717) is 43.7 Å². The van der Waals surface area contributed by atoms with Crippen LogP contribution in [0.5, 0.6) is 0 Å². The van der Waals surface area contributed by atoms with Gasteiger partial charge in [-0.3, -0.25) is 9.59 Å². The van der Waals surface area contributed by atoms with Gasteiger partial charge in [0, 0.05) is 24.3 Å². The van der Waals surface area contributed by atoms with Crippen molar-refractivity contribution in [1.82, 2.24) is 0 Å². The second-order valence-corrected chi connectivity index (χ2v) is 47.5. The van der Waals surface area contributed by atoms with Crippen molar-refractivity contribution in [3.8, 4) is 0 Å². The minimum atomic E-state index is -0.911. The summed E-state index contributed by atoms with van der Waals surface area (Å²) in [5.74, 6) is 3.91. The van der Waals surface area contributed by atoms with Gasteiger partial charge in [-0.1, -0.05) is 552 Å². The summed E-state index contributed by atoms with van der Waals surface area (Å²) in [6.07, 6.45) is 125. The molecule has 0 N–H and O–H groups in total. The van der Waals surface area contributed by atoms with Crippen LogP contribution in [0.15, 0.2) is 0 Å². The summed E-state index contributed by atoms with van der Waals surface area (Å²) >= 11 is 4.06. The van der Waals surface area contributed by atoms with Crippen LogP contribution in [0.1, 0.15) is 645 Å². The number of carbonyl (C=O) groups is 2. The lowest BCUT2D eigenvalue weighted by Crippen LogP contribution is -2.38. The van der Waals surface area contributed by atoms with Gasteiger partial charge < -0.3 is 27.6 Å². The maximum Gasteiger partial charge on any atom is 0.305 e. The van der Waals surface area contributed by atoms with E-state index in [0.717, 1.165) is 50.7 Å². The van der Waals surface area contributed by atoms with Crippen molar-refractivity contribution >= 4 is 49.9 Å². The van der Waals surface area contributed by atoms with Gasteiger partial charge in [-0.2, -0.15) is 0 Å². The predicted octanol–water partition coefficient (Wildman–Crippen LogP) is 41.8. The summed E-state index contributed by atoms with van der Waals surface area (Å²) < 4.78 is 38.9. The highest BCUT2D eigenvalue weighted by atomic mass is 32.7. The van der Waals surface area contributed by atoms with Crippen LogP contribution in [-0.4, -0.2) is 62.1 Å². The molecule has 0 aromatic heterocycles. The van der Waals surface area contributed by atoms with Crippen LogP contribution < -0.4 is 0 Å². The van der Waals surface area contributed by atoms with E-state index < -0.39 is 15.2 Å². The molecule has 0 radical (unpaired) electrons. The number of rotatable bonds is 104. The maximum absolute atomic E-state index is 12.3. The third-order valence-corrected chi connectivity index (χ3v) is 35.4. The van der Waals surface area contributed by atoms with Gasteiger partial charge in [0.1, 0.15) is 0 Å². The van der Waals surface area contributed by atoms with Gasteiger partial charge in [-0.05, 0) is 120 Å². The molecule has 2 rings (SSSR count). The van der Waals surface area contributed by atoms with Crippen molar-refractivity contribution < 1.29 is 37.2 Å². The number of hydrogen-bond donors (Lipinski definition) is 0. The number of carbonyl (C=O) groups excluding carboxylic acids is 2. The van der Waals surface area contributed by atoms with Crippen LogP contribution in [-0.2, 0) is 37.2 Å². The van der Waals surface area contributed by atoms with Crippen LogP contribution in [0, 0.1) is 17.3 Å². The van der Waals surface area contributed by atoms with E-state index in [-0.39, 0.29) is 11.9 Å². The van der Waals surface area contributed by atoms with Gasteiger partial charge in [-0.25, -0.2) is 0 Å². The first kappa shape index (κ1) is 121. The summed E-state index contributed by atoms with van der Waals surface area (Å²) in [5.41, 5.74) is 0.336. The monoisotopic (exact) mass is 1830 g/mol. The first-order chi connectivity index (χ1) is 61.7. The Bertz CT molecular complexity index is 1970. The average Bonchev–Trinajstić information content (AvgIpc) is 0.801. The van der Waals surface area contributed by atoms with Crippen molar-refractivity contribution in [2.45, 2.75) is 657 Å². The Morgan fingerprint density at radius 2 is 0.392 bits per heavy atom. The van der Waals surface area contributed by atoms with Gasteiger partial charge in [-0.15, -0.1) is 0 Å². The van der Waals surface area contributed by atoms with E-state index in [9.17, 15) is 9.59 Å². The molecule has 0 aromatic rings. The molecule has 2 unspecified atom stereocenters. The minimum absolute atomic E-state index is 0.0251. The van der Waals surface area contributed by atoms with E-state index in [1.807, 2.05) is 22.8 Å². The maximum atomic E-state index is 12.3. The van der Waals surface area contributed by atoms with Crippen molar-refractivity contribution in [2.75, 3.05) is 37.9 Å². The quantitative estimate of drug-likeness (QED) is 0.0333. The van der Waals surface area contributed by atoms with Gasteiger partial charge in [0.2, 0.25) is 15.2 Å².